The van der Waals surface area contributed by atoms with Gasteiger partial charge in [-0.3, -0.25) is 0 Å². The van der Waals surface area contributed by atoms with Crippen molar-refractivity contribution in [1.82, 2.24) is 10.2 Å². The molecular formula is C14H30N2O. The molecule has 0 amide bonds. The molecule has 0 aromatic rings. The van der Waals surface area contributed by atoms with E-state index >= 15 is 0 Å². The lowest BCUT2D eigenvalue weighted by Crippen LogP contribution is -2.43. The summed E-state index contributed by atoms with van der Waals surface area (Å²) < 4.78 is 0. The molecule has 0 radical (unpaired) electrons. The first-order valence-corrected chi connectivity index (χ1v) is 7.23. The molecular weight excluding hydrogens is 212 g/mol. The van der Waals surface area contributed by atoms with Crippen molar-refractivity contribution in [2.24, 2.45) is 5.92 Å². The fourth-order valence-corrected chi connectivity index (χ4v) is 2.82. The lowest BCUT2D eigenvalue weighted by molar-refractivity contribution is 0.130. The van der Waals surface area contributed by atoms with Crippen molar-refractivity contribution in [2.75, 3.05) is 26.7 Å². The first-order chi connectivity index (χ1) is 8.19. The smallest absolute Gasteiger partial charge is 0.0584 e. The van der Waals surface area contributed by atoms with Crippen LogP contribution in [0.1, 0.15) is 46.0 Å². The van der Waals surface area contributed by atoms with Crippen molar-refractivity contribution >= 4 is 0 Å². The molecule has 0 spiro atoms. The van der Waals surface area contributed by atoms with Gasteiger partial charge in [0.2, 0.25) is 0 Å². The van der Waals surface area contributed by atoms with Gasteiger partial charge in [-0.15, -0.1) is 0 Å². The summed E-state index contributed by atoms with van der Waals surface area (Å²) in [7, 11) is 2.13. The minimum atomic E-state index is 0.259. The highest BCUT2D eigenvalue weighted by Gasteiger charge is 2.25. The largest absolute Gasteiger partial charge is 0.395 e. The normalized spacial score (nSPS) is 28.1. The summed E-state index contributed by atoms with van der Waals surface area (Å²) in [5.41, 5.74) is 0. The van der Waals surface area contributed by atoms with E-state index in [1.54, 1.807) is 0 Å². The third-order valence-electron chi connectivity index (χ3n) is 4.16. The summed E-state index contributed by atoms with van der Waals surface area (Å²) in [6.45, 7) is 6.73. The van der Waals surface area contributed by atoms with Gasteiger partial charge >= 0.3 is 0 Å². The van der Waals surface area contributed by atoms with Gasteiger partial charge in [-0.1, -0.05) is 26.2 Å². The van der Waals surface area contributed by atoms with Gasteiger partial charge in [0, 0.05) is 18.6 Å². The molecule has 17 heavy (non-hydrogen) atoms. The Balaban J connectivity index is 2.50. The van der Waals surface area contributed by atoms with E-state index in [1.807, 2.05) is 0 Å². The number of hydrogen-bond acceptors (Lipinski definition) is 3. The molecule has 1 aliphatic carbocycles. The summed E-state index contributed by atoms with van der Waals surface area (Å²) >= 11 is 0. The molecule has 0 aliphatic heterocycles. The minimum absolute atomic E-state index is 0.259. The molecule has 1 aliphatic rings. The van der Waals surface area contributed by atoms with E-state index in [1.165, 1.54) is 32.1 Å². The predicted molar refractivity (Wildman–Crippen MR) is 73.2 cm³/mol. The quantitative estimate of drug-likeness (QED) is 0.698. The van der Waals surface area contributed by atoms with Gasteiger partial charge in [-0.05, 0) is 39.3 Å². The zero-order chi connectivity index (χ0) is 12.7. The van der Waals surface area contributed by atoms with Gasteiger partial charge in [0.15, 0.2) is 0 Å². The lowest BCUT2D eigenvalue weighted by Gasteiger charge is -2.32. The molecule has 1 rings (SSSR count). The summed E-state index contributed by atoms with van der Waals surface area (Å²) in [6.07, 6.45) is 6.78. The Morgan fingerprint density at radius 3 is 2.65 bits per heavy atom. The molecule has 2 N–H and O–H groups in total. The van der Waals surface area contributed by atoms with Crippen LogP contribution >= 0.6 is 0 Å². The van der Waals surface area contributed by atoms with Crippen LogP contribution in [-0.2, 0) is 0 Å². The molecule has 0 saturated heterocycles. The molecule has 3 atom stereocenters. The van der Waals surface area contributed by atoms with Gasteiger partial charge in [-0.2, -0.15) is 0 Å². The number of likely N-dealkylation sites (N-methyl/N-ethyl adjacent to an activating group) is 1. The summed E-state index contributed by atoms with van der Waals surface area (Å²) in [5, 5.41) is 12.8. The van der Waals surface area contributed by atoms with Crippen molar-refractivity contribution in [3.05, 3.63) is 0 Å². The van der Waals surface area contributed by atoms with Gasteiger partial charge in [0.25, 0.3) is 0 Å². The highest BCUT2D eigenvalue weighted by atomic mass is 16.3. The molecule has 0 aromatic carbocycles. The van der Waals surface area contributed by atoms with Crippen LogP contribution in [0.25, 0.3) is 0 Å². The second-order valence-corrected chi connectivity index (χ2v) is 5.53. The van der Waals surface area contributed by atoms with Crippen molar-refractivity contribution in [3.63, 3.8) is 0 Å². The van der Waals surface area contributed by atoms with E-state index in [0.717, 1.165) is 19.0 Å². The molecule has 1 fully saturated rings. The maximum absolute atomic E-state index is 9.20. The minimum Gasteiger partial charge on any atom is -0.395 e. The van der Waals surface area contributed by atoms with E-state index in [9.17, 15) is 5.11 Å². The second kappa shape index (κ2) is 8.06. The zero-order valence-corrected chi connectivity index (χ0v) is 11.8. The maximum Gasteiger partial charge on any atom is 0.0584 e. The summed E-state index contributed by atoms with van der Waals surface area (Å²) in [5.74, 6) is 0.747. The Morgan fingerprint density at radius 2 is 2.00 bits per heavy atom. The van der Waals surface area contributed by atoms with Crippen molar-refractivity contribution < 1.29 is 5.11 Å². The number of rotatable bonds is 6. The number of hydrogen-bond donors (Lipinski definition) is 2. The molecule has 3 nitrogen and oxygen atoms in total. The molecule has 0 bridgehead atoms. The van der Waals surface area contributed by atoms with Crippen LogP contribution in [0.4, 0.5) is 0 Å². The number of nitrogens with one attached hydrogen (secondary N) is 1. The van der Waals surface area contributed by atoms with Crippen LogP contribution in [-0.4, -0.2) is 48.8 Å². The van der Waals surface area contributed by atoms with E-state index in [0.29, 0.717) is 6.04 Å². The highest BCUT2D eigenvalue weighted by molar-refractivity contribution is 4.82. The second-order valence-electron chi connectivity index (χ2n) is 5.53. The van der Waals surface area contributed by atoms with E-state index < -0.39 is 0 Å². The fourth-order valence-electron chi connectivity index (χ4n) is 2.82. The van der Waals surface area contributed by atoms with Gasteiger partial charge in [-0.25, -0.2) is 0 Å². The highest BCUT2D eigenvalue weighted by Crippen LogP contribution is 2.24. The third kappa shape index (κ3) is 4.94. The van der Waals surface area contributed by atoms with Crippen LogP contribution in [0.5, 0.6) is 0 Å². The number of nitrogens with zero attached hydrogens (tertiary/aromatic N) is 1. The average Bonchev–Trinajstić information content (AvgIpc) is 2.55. The average molecular weight is 242 g/mol. The Hall–Kier alpha value is -0.120. The first kappa shape index (κ1) is 14.9. The van der Waals surface area contributed by atoms with Crippen molar-refractivity contribution in [3.8, 4) is 0 Å². The van der Waals surface area contributed by atoms with E-state index in [2.05, 4.69) is 31.1 Å². The van der Waals surface area contributed by atoms with Gasteiger partial charge in [0.05, 0.1) is 6.61 Å². The van der Waals surface area contributed by atoms with Crippen LogP contribution < -0.4 is 5.32 Å². The summed E-state index contributed by atoms with van der Waals surface area (Å²) in [4.78, 5) is 2.31. The zero-order valence-electron chi connectivity index (χ0n) is 11.8. The van der Waals surface area contributed by atoms with Crippen molar-refractivity contribution in [1.29, 1.82) is 0 Å². The van der Waals surface area contributed by atoms with Crippen LogP contribution in [0.3, 0.4) is 0 Å². The molecule has 102 valence electrons. The van der Waals surface area contributed by atoms with Gasteiger partial charge in [0.1, 0.15) is 0 Å². The lowest BCUT2D eigenvalue weighted by atomic mass is 9.93. The first-order valence-electron chi connectivity index (χ1n) is 7.23. The molecule has 3 unspecified atom stereocenters. The standard InChI is InChI=1S/C14H30N2O/c1-4-15-14-9-7-5-6-8-13(14)10-16(3)12(2)11-17/h12-15,17H,4-11H2,1-3H3. The Morgan fingerprint density at radius 1 is 1.29 bits per heavy atom. The van der Waals surface area contributed by atoms with Crippen LogP contribution in [0.15, 0.2) is 0 Å². The molecule has 0 aromatic heterocycles. The number of aliphatic hydroxyl groups is 1. The SMILES string of the molecule is CCNC1CCCCCC1CN(C)C(C)CO. The van der Waals surface area contributed by atoms with E-state index in [4.69, 9.17) is 0 Å². The van der Waals surface area contributed by atoms with E-state index in [-0.39, 0.29) is 12.6 Å². The molecule has 1 saturated carbocycles. The topological polar surface area (TPSA) is 35.5 Å². The van der Waals surface area contributed by atoms with Gasteiger partial charge < -0.3 is 15.3 Å². The van der Waals surface area contributed by atoms with Crippen LogP contribution in [0, 0.1) is 5.92 Å². The van der Waals surface area contributed by atoms with Crippen LogP contribution in [0.2, 0.25) is 0 Å². The third-order valence-corrected chi connectivity index (χ3v) is 4.16. The monoisotopic (exact) mass is 242 g/mol. The molecule has 0 heterocycles. The van der Waals surface area contributed by atoms with Crippen molar-refractivity contribution in [2.45, 2.75) is 58.0 Å². The summed E-state index contributed by atoms with van der Waals surface area (Å²) in [6, 6.07) is 0.955. The Bertz CT molecular complexity index is 199. The Kier molecular flexibility index (Phi) is 7.09. The predicted octanol–water partition coefficient (Wildman–Crippen LogP) is 1.86. The number of aliphatic hydroxyl groups excluding tert-OH is 1. The maximum atomic E-state index is 9.20. The Labute approximate surface area is 107 Å². The molecule has 3 heteroatoms. The fraction of sp³-hybridized carbons (Fsp3) is 1.00.